The Bertz CT molecular complexity index is 328. The maximum absolute atomic E-state index is 9.70. The molecule has 14 heavy (non-hydrogen) atoms. The van der Waals surface area contributed by atoms with Gasteiger partial charge in [0.05, 0.1) is 12.3 Å². The number of aromatic nitrogens is 1. The van der Waals surface area contributed by atoms with Gasteiger partial charge in [-0.1, -0.05) is 0 Å². The molecule has 78 valence electrons. The number of aryl methyl sites for hydroxylation is 1. The molecule has 1 aromatic rings. The summed E-state index contributed by atoms with van der Waals surface area (Å²) in [6.07, 6.45) is 1.50. The summed E-state index contributed by atoms with van der Waals surface area (Å²) >= 11 is 0. The van der Waals surface area contributed by atoms with E-state index in [1.807, 2.05) is 0 Å². The first kappa shape index (κ1) is 10.9. The number of aliphatic hydroxyl groups excluding tert-OH is 1. The van der Waals surface area contributed by atoms with Crippen LogP contribution in [0.25, 0.3) is 0 Å². The fourth-order valence-electron chi connectivity index (χ4n) is 1.31. The van der Waals surface area contributed by atoms with Gasteiger partial charge in [-0.25, -0.2) is 0 Å². The average molecular weight is 197 g/mol. The van der Waals surface area contributed by atoms with E-state index in [0.29, 0.717) is 16.8 Å². The molecule has 0 radical (unpaired) electrons. The molecule has 0 aliphatic heterocycles. The molecule has 0 saturated carbocycles. The molecule has 0 saturated heterocycles. The molecule has 0 fully saturated rings. The van der Waals surface area contributed by atoms with Crippen LogP contribution in [0.15, 0.2) is 6.20 Å². The van der Waals surface area contributed by atoms with Gasteiger partial charge in [-0.2, -0.15) is 0 Å². The van der Waals surface area contributed by atoms with E-state index >= 15 is 0 Å². The van der Waals surface area contributed by atoms with Crippen molar-refractivity contribution in [2.24, 2.45) is 11.5 Å². The summed E-state index contributed by atoms with van der Waals surface area (Å²) in [5.74, 6) is 0.0227. The zero-order chi connectivity index (χ0) is 10.7. The van der Waals surface area contributed by atoms with Gasteiger partial charge < -0.3 is 21.7 Å². The lowest BCUT2D eigenvalue weighted by Gasteiger charge is -2.16. The summed E-state index contributed by atoms with van der Waals surface area (Å²) in [5.41, 5.74) is 12.6. The SMILES string of the molecule is Cc1ncc(CO)c([C@H](N)CN)c1O. The quantitative estimate of drug-likeness (QED) is 0.525. The third-order valence-corrected chi connectivity index (χ3v) is 2.15. The Kier molecular flexibility index (Phi) is 3.40. The smallest absolute Gasteiger partial charge is 0.141 e. The molecule has 1 atom stereocenters. The van der Waals surface area contributed by atoms with E-state index in [9.17, 15) is 5.11 Å². The monoisotopic (exact) mass is 197 g/mol. The van der Waals surface area contributed by atoms with Crippen molar-refractivity contribution in [2.75, 3.05) is 6.54 Å². The fraction of sp³-hybridized carbons (Fsp3) is 0.444. The van der Waals surface area contributed by atoms with Crippen molar-refractivity contribution in [2.45, 2.75) is 19.6 Å². The van der Waals surface area contributed by atoms with Gasteiger partial charge in [0.25, 0.3) is 0 Å². The molecule has 1 rings (SSSR count). The van der Waals surface area contributed by atoms with Gasteiger partial charge in [-0.15, -0.1) is 0 Å². The summed E-state index contributed by atoms with van der Waals surface area (Å²) in [6.45, 7) is 1.68. The van der Waals surface area contributed by atoms with Gasteiger partial charge in [-0.05, 0) is 6.92 Å². The lowest BCUT2D eigenvalue weighted by molar-refractivity contribution is 0.278. The van der Waals surface area contributed by atoms with E-state index in [0.717, 1.165) is 0 Å². The molecule has 0 spiro atoms. The summed E-state index contributed by atoms with van der Waals surface area (Å²) < 4.78 is 0. The Hall–Kier alpha value is -1.17. The average Bonchev–Trinajstić information content (AvgIpc) is 2.20. The van der Waals surface area contributed by atoms with Crippen LogP contribution in [0.3, 0.4) is 0 Å². The van der Waals surface area contributed by atoms with Gasteiger partial charge in [0.2, 0.25) is 0 Å². The largest absolute Gasteiger partial charge is 0.506 e. The van der Waals surface area contributed by atoms with Crippen LogP contribution in [0.5, 0.6) is 5.75 Å². The highest BCUT2D eigenvalue weighted by Crippen LogP contribution is 2.28. The summed E-state index contributed by atoms with van der Waals surface area (Å²) in [6, 6.07) is -0.473. The third kappa shape index (κ3) is 1.84. The second kappa shape index (κ2) is 4.36. The van der Waals surface area contributed by atoms with Crippen LogP contribution < -0.4 is 11.5 Å². The number of hydrogen-bond acceptors (Lipinski definition) is 5. The molecule has 0 amide bonds. The minimum atomic E-state index is -0.473. The van der Waals surface area contributed by atoms with E-state index in [-0.39, 0.29) is 18.9 Å². The minimum absolute atomic E-state index is 0.0227. The Labute approximate surface area is 82.4 Å². The van der Waals surface area contributed by atoms with E-state index in [1.54, 1.807) is 6.92 Å². The van der Waals surface area contributed by atoms with Crippen molar-refractivity contribution in [3.05, 3.63) is 23.0 Å². The Balaban J connectivity index is 3.27. The van der Waals surface area contributed by atoms with Crippen LogP contribution in [-0.4, -0.2) is 21.7 Å². The van der Waals surface area contributed by atoms with Crippen molar-refractivity contribution in [3.63, 3.8) is 0 Å². The third-order valence-electron chi connectivity index (χ3n) is 2.15. The van der Waals surface area contributed by atoms with Crippen LogP contribution in [-0.2, 0) is 6.61 Å². The maximum atomic E-state index is 9.70. The van der Waals surface area contributed by atoms with Crippen LogP contribution in [0.1, 0.15) is 22.9 Å². The van der Waals surface area contributed by atoms with E-state index < -0.39 is 6.04 Å². The lowest BCUT2D eigenvalue weighted by atomic mass is 10.0. The Morgan fingerprint density at radius 1 is 1.57 bits per heavy atom. The van der Waals surface area contributed by atoms with Gasteiger partial charge in [0.15, 0.2) is 0 Å². The molecule has 6 N–H and O–H groups in total. The van der Waals surface area contributed by atoms with Gasteiger partial charge >= 0.3 is 0 Å². The predicted octanol–water partition coefficient (Wildman–Crippen LogP) is -0.454. The number of pyridine rings is 1. The molecule has 0 unspecified atom stereocenters. The summed E-state index contributed by atoms with van der Waals surface area (Å²) in [7, 11) is 0. The number of rotatable bonds is 3. The van der Waals surface area contributed by atoms with Crippen LogP contribution in [0, 0.1) is 6.92 Å². The summed E-state index contributed by atoms with van der Waals surface area (Å²) in [4.78, 5) is 3.92. The maximum Gasteiger partial charge on any atom is 0.141 e. The highest BCUT2D eigenvalue weighted by atomic mass is 16.3. The van der Waals surface area contributed by atoms with Crippen molar-refractivity contribution in [1.29, 1.82) is 0 Å². The number of nitrogens with two attached hydrogens (primary N) is 2. The molecule has 0 aliphatic rings. The van der Waals surface area contributed by atoms with Gasteiger partial charge in [0, 0.05) is 29.9 Å². The van der Waals surface area contributed by atoms with Crippen molar-refractivity contribution >= 4 is 0 Å². The molecular formula is C9H15N3O2. The normalized spacial score (nSPS) is 12.9. The molecule has 0 bridgehead atoms. The topological polar surface area (TPSA) is 105 Å². The highest BCUT2D eigenvalue weighted by Gasteiger charge is 2.16. The predicted molar refractivity (Wildman–Crippen MR) is 52.5 cm³/mol. The second-order valence-corrected chi connectivity index (χ2v) is 3.13. The van der Waals surface area contributed by atoms with Gasteiger partial charge in [0.1, 0.15) is 5.75 Å². The molecule has 5 nitrogen and oxygen atoms in total. The van der Waals surface area contributed by atoms with E-state index in [2.05, 4.69) is 4.98 Å². The standard InChI is InChI=1S/C9H15N3O2/c1-5-9(14)8(7(11)2-10)6(4-13)3-12-5/h3,7,13-14H,2,4,10-11H2,1H3/t7-/m1/s1. The second-order valence-electron chi connectivity index (χ2n) is 3.13. The Morgan fingerprint density at radius 2 is 2.21 bits per heavy atom. The van der Waals surface area contributed by atoms with Crippen LogP contribution in [0.2, 0.25) is 0 Å². The van der Waals surface area contributed by atoms with Crippen LogP contribution in [0.4, 0.5) is 0 Å². The molecule has 1 aromatic heterocycles. The molecular weight excluding hydrogens is 182 g/mol. The first-order valence-corrected chi connectivity index (χ1v) is 4.35. The van der Waals surface area contributed by atoms with Gasteiger partial charge in [-0.3, -0.25) is 4.98 Å². The molecule has 0 aromatic carbocycles. The first-order valence-electron chi connectivity index (χ1n) is 4.35. The molecule has 1 heterocycles. The van der Waals surface area contributed by atoms with E-state index in [1.165, 1.54) is 6.20 Å². The van der Waals surface area contributed by atoms with Crippen LogP contribution >= 0.6 is 0 Å². The summed E-state index contributed by atoms with van der Waals surface area (Å²) in [5, 5.41) is 18.7. The minimum Gasteiger partial charge on any atom is -0.506 e. The number of hydrogen-bond donors (Lipinski definition) is 4. The zero-order valence-corrected chi connectivity index (χ0v) is 8.07. The molecule has 5 heteroatoms. The molecule has 0 aliphatic carbocycles. The van der Waals surface area contributed by atoms with E-state index in [4.69, 9.17) is 16.6 Å². The number of nitrogens with zero attached hydrogens (tertiary/aromatic N) is 1. The van der Waals surface area contributed by atoms with Crippen molar-refractivity contribution in [1.82, 2.24) is 4.98 Å². The van der Waals surface area contributed by atoms with Crippen molar-refractivity contribution in [3.8, 4) is 5.75 Å². The number of aromatic hydroxyl groups is 1. The first-order chi connectivity index (χ1) is 6.61. The fourth-order valence-corrected chi connectivity index (χ4v) is 1.31. The van der Waals surface area contributed by atoms with Crippen molar-refractivity contribution < 1.29 is 10.2 Å². The Morgan fingerprint density at radius 3 is 2.71 bits per heavy atom. The highest BCUT2D eigenvalue weighted by molar-refractivity contribution is 5.42. The zero-order valence-electron chi connectivity index (χ0n) is 8.07. The number of aliphatic hydroxyl groups is 1. The lowest BCUT2D eigenvalue weighted by Crippen LogP contribution is -2.22.